The maximum absolute atomic E-state index is 9.95. The van der Waals surface area contributed by atoms with E-state index in [9.17, 15) is 4.79 Å². The van der Waals surface area contributed by atoms with Crippen LogP contribution in [0.4, 0.5) is 4.79 Å². The van der Waals surface area contributed by atoms with Crippen LogP contribution >= 0.6 is 0 Å². The van der Waals surface area contributed by atoms with Gasteiger partial charge in [0, 0.05) is 0 Å². The van der Waals surface area contributed by atoms with Gasteiger partial charge in [-0.25, -0.2) is 4.79 Å². The van der Waals surface area contributed by atoms with Crippen molar-refractivity contribution in [3.63, 3.8) is 0 Å². The summed E-state index contributed by atoms with van der Waals surface area (Å²) in [4.78, 5) is 9.95. The highest BCUT2D eigenvalue weighted by Gasteiger charge is 2.22. The molecule has 1 rings (SSSR count). The molecule has 0 saturated carbocycles. The monoisotopic (exact) mass is 126 g/mol. The van der Waals surface area contributed by atoms with Crippen LogP contribution in [0.2, 0.25) is 0 Å². The van der Waals surface area contributed by atoms with Crippen LogP contribution in [0.3, 0.4) is 0 Å². The fraction of sp³-hybridized carbons (Fsp3) is 0.333. The topological polar surface area (TPSA) is 35.5 Å². The molecule has 1 saturated heterocycles. The summed E-state index contributed by atoms with van der Waals surface area (Å²) in [6.45, 7) is 1.95. The molecule has 1 aliphatic rings. The molecule has 1 aliphatic heterocycles. The molecule has 0 aromatic carbocycles. The van der Waals surface area contributed by atoms with Gasteiger partial charge in [0.2, 0.25) is 0 Å². The maximum atomic E-state index is 9.95. The van der Waals surface area contributed by atoms with Gasteiger partial charge in [-0.1, -0.05) is 6.92 Å². The number of carbonyl (C=O) groups excluding carboxylic acids is 1. The Labute approximate surface area is 52.6 Å². The van der Waals surface area contributed by atoms with Crippen molar-refractivity contribution in [2.24, 2.45) is 0 Å². The SMILES string of the molecule is CCC=C=C1OC(=O)O1. The van der Waals surface area contributed by atoms with Gasteiger partial charge in [-0.2, -0.15) is 0 Å². The number of allylic oxidation sites excluding steroid dienone is 1. The van der Waals surface area contributed by atoms with Crippen molar-refractivity contribution in [2.75, 3.05) is 0 Å². The van der Waals surface area contributed by atoms with E-state index in [1.807, 2.05) is 6.92 Å². The lowest BCUT2D eigenvalue weighted by atomic mass is 10.5. The Morgan fingerprint density at radius 1 is 1.67 bits per heavy atom. The zero-order valence-electron chi connectivity index (χ0n) is 5.01. The number of cyclic esters (lactones) is 2. The van der Waals surface area contributed by atoms with Crippen LogP contribution in [-0.4, -0.2) is 6.16 Å². The molecule has 0 bridgehead atoms. The summed E-state index contributed by atoms with van der Waals surface area (Å²) < 4.78 is 8.71. The molecule has 0 aliphatic carbocycles. The molecule has 0 amide bonds. The Hall–Kier alpha value is -1.21. The van der Waals surface area contributed by atoms with Crippen molar-refractivity contribution < 1.29 is 14.3 Å². The van der Waals surface area contributed by atoms with E-state index >= 15 is 0 Å². The molecule has 0 unspecified atom stereocenters. The molecule has 3 heteroatoms. The van der Waals surface area contributed by atoms with Gasteiger partial charge in [-0.15, -0.1) is 0 Å². The first-order chi connectivity index (χ1) is 4.33. The van der Waals surface area contributed by atoms with Crippen LogP contribution in [0.15, 0.2) is 17.8 Å². The van der Waals surface area contributed by atoms with Crippen molar-refractivity contribution >= 4 is 6.16 Å². The predicted molar refractivity (Wildman–Crippen MR) is 29.5 cm³/mol. The Balaban J connectivity index is 2.47. The Bertz CT molecular complexity index is 176. The van der Waals surface area contributed by atoms with Crippen LogP contribution in [0.5, 0.6) is 0 Å². The normalized spacial score (nSPS) is 14.8. The minimum atomic E-state index is -0.651. The molecule has 9 heavy (non-hydrogen) atoms. The zero-order chi connectivity index (χ0) is 6.69. The van der Waals surface area contributed by atoms with E-state index in [1.165, 1.54) is 0 Å². The molecule has 1 heterocycles. The minimum Gasteiger partial charge on any atom is -0.353 e. The minimum absolute atomic E-state index is 0.168. The third kappa shape index (κ3) is 1.34. The van der Waals surface area contributed by atoms with Crippen molar-refractivity contribution in [1.29, 1.82) is 0 Å². The molecular formula is C6H6O3. The smallest absolute Gasteiger partial charge is 0.353 e. The molecule has 0 spiro atoms. The summed E-state index contributed by atoms with van der Waals surface area (Å²) in [5.74, 6) is 0.168. The highest BCUT2D eigenvalue weighted by molar-refractivity contribution is 5.67. The lowest BCUT2D eigenvalue weighted by molar-refractivity contribution is -0.0251. The fourth-order valence-electron chi connectivity index (χ4n) is 0.403. The van der Waals surface area contributed by atoms with Crippen LogP contribution < -0.4 is 0 Å². The van der Waals surface area contributed by atoms with E-state index < -0.39 is 6.16 Å². The summed E-state index contributed by atoms with van der Waals surface area (Å²) in [6, 6.07) is 0. The van der Waals surface area contributed by atoms with Gasteiger partial charge < -0.3 is 9.47 Å². The Kier molecular flexibility index (Phi) is 1.56. The molecule has 0 radical (unpaired) electrons. The van der Waals surface area contributed by atoms with E-state index in [2.05, 4.69) is 15.2 Å². The molecule has 3 nitrogen and oxygen atoms in total. The highest BCUT2D eigenvalue weighted by atomic mass is 16.9. The molecule has 48 valence electrons. The maximum Gasteiger partial charge on any atom is 0.525 e. The van der Waals surface area contributed by atoms with Gasteiger partial charge in [0.1, 0.15) is 0 Å². The summed E-state index contributed by atoms with van der Waals surface area (Å²) in [6.07, 6.45) is 1.92. The van der Waals surface area contributed by atoms with Gasteiger partial charge >= 0.3 is 12.1 Å². The van der Waals surface area contributed by atoms with Crippen LogP contribution in [0.1, 0.15) is 13.3 Å². The second-order valence-corrected chi connectivity index (χ2v) is 1.50. The third-order valence-corrected chi connectivity index (χ3v) is 0.776. The molecule has 1 fully saturated rings. The van der Waals surface area contributed by atoms with Crippen molar-refractivity contribution in [3.05, 3.63) is 17.8 Å². The second kappa shape index (κ2) is 2.37. The molecule has 0 atom stereocenters. The van der Waals surface area contributed by atoms with Gasteiger partial charge in [-0.3, -0.25) is 0 Å². The predicted octanol–water partition coefficient (Wildman–Crippen LogP) is 1.56. The lowest BCUT2D eigenvalue weighted by Crippen LogP contribution is -2.18. The van der Waals surface area contributed by atoms with Gasteiger partial charge in [0.25, 0.3) is 0 Å². The standard InChI is InChI=1S/C6H6O3/c1-2-3-4-5-8-6(7)9-5/h3H,2H2,1H3. The van der Waals surface area contributed by atoms with Crippen LogP contribution in [-0.2, 0) is 9.47 Å². The number of hydrogen-bond acceptors (Lipinski definition) is 3. The first-order valence-corrected chi connectivity index (χ1v) is 2.67. The van der Waals surface area contributed by atoms with Crippen molar-refractivity contribution in [1.82, 2.24) is 0 Å². The van der Waals surface area contributed by atoms with E-state index in [-0.39, 0.29) is 5.95 Å². The van der Waals surface area contributed by atoms with Crippen LogP contribution in [0.25, 0.3) is 0 Å². The van der Waals surface area contributed by atoms with Crippen LogP contribution in [0, 0.1) is 0 Å². The first-order valence-electron chi connectivity index (χ1n) is 2.67. The Morgan fingerprint density at radius 3 is 2.78 bits per heavy atom. The zero-order valence-corrected chi connectivity index (χ0v) is 5.01. The summed E-state index contributed by atoms with van der Waals surface area (Å²) in [5, 5.41) is 0. The third-order valence-electron chi connectivity index (χ3n) is 0.776. The van der Waals surface area contributed by atoms with E-state index in [4.69, 9.17) is 0 Å². The lowest BCUT2D eigenvalue weighted by Gasteiger charge is -2.11. The fourth-order valence-corrected chi connectivity index (χ4v) is 0.403. The summed E-state index contributed by atoms with van der Waals surface area (Å²) >= 11 is 0. The van der Waals surface area contributed by atoms with Gasteiger partial charge in [0.05, 0.1) is 0 Å². The molecular weight excluding hydrogens is 120 g/mol. The summed E-state index contributed by atoms with van der Waals surface area (Å²) in [7, 11) is 0. The molecule has 0 aromatic heterocycles. The number of hydrogen-bond donors (Lipinski definition) is 0. The van der Waals surface area contributed by atoms with Gasteiger partial charge in [0.15, 0.2) is 0 Å². The van der Waals surface area contributed by atoms with Crippen molar-refractivity contribution in [2.45, 2.75) is 13.3 Å². The summed E-state index contributed by atoms with van der Waals surface area (Å²) in [5.41, 5.74) is 2.63. The number of ether oxygens (including phenoxy) is 2. The molecule has 0 N–H and O–H groups in total. The highest BCUT2D eigenvalue weighted by Crippen LogP contribution is 2.12. The quantitative estimate of drug-likeness (QED) is 0.395. The second-order valence-electron chi connectivity index (χ2n) is 1.50. The van der Waals surface area contributed by atoms with Gasteiger partial charge in [-0.05, 0) is 18.2 Å². The van der Waals surface area contributed by atoms with Crippen molar-refractivity contribution in [3.8, 4) is 0 Å². The average molecular weight is 126 g/mol. The number of carbonyl (C=O) groups is 1. The molecule has 0 aromatic rings. The Morgan fingerprint density at radius 2 is 2.33 bits per heavy atom. The van der Waals surface area contributed by atoms with E-state index in [0.29, 0.717) is 0 Å². The first kappa shape index (κ1) is 5.92. The van der Waals surface area contributed by atoms with E-state index in [1.54, 1.807) is 6.08 Å². The van der Waals surface area contributed by atoms with E-state index in [0.717, 1.165) is 6.42 Å². The largest absolute Gasteiger partial charge is 0.525 e. The average Bonchev–Trinajstić information content (AvgIpc) is 1.78. The number of rotatable bonds is 1.